The Morgan fingerprint density at radius 3 is 2.40 bits per heavy atom. The molecule has 1 amide bonds. The number of hydrogen-bond acceptors (Lipinski definition) is 4. The molecule has 1 rings (SSSR count). The van der Waals surface area contributed by atoms with Crippen molar-refractivity contribution in [2.75, 3.05) is 18.4 Å². The van der Waals surface area contributed by atoms with E-state index in [1.165, 1.54) is 0 Å². The summed E-state index contributed by atoms with van der Waals surface area (Å²) in [6.07, 6.45) is 0.848. The van der Waals surface area contributed by atoms with E-state index in [2.05, 4.69) is 10.6 Å². The van der Waals surface area contributed by atoms with Crippen molar-refractivity contribution in [3.8, 4) is 0 Å². The Balaban J connectivity index is 2.60. The average molecular weight is 287 g/mol. The van der Waals surface area contributed by atoms with Gasteiger partial charge in [0, 0.05) is 19.5 Å². The molecular weight excluding hydrogens is 272 g/mol. The number of anilines is 1. The summed E-state index contributed by atoms with van der Waals surface area (Å²) < 4.78 is 27.0. The van der Waals surface area contributed by atoms with Gasteiger partial charge < -0.3 is 10.6 Å². The van der Waals surface area contributed by atoms with E-state index >= 15 is 0 Å². The first-order valence-corrected chi connectivity index (χ1v) is 6.09. The Kier molecular flexibility index (Phi) is 5.82. The maximum absolute atomic E-state index is 13.5. The van der Waals surface area contributed by atoms with Gasteiger partial charge in [-0.25, -0.2) is 8.78 Å². The van der Waals surface area contributed by atoms with Crippen molar-refractivity contribution >= 4 is 17.3 Å². The van der Waals surface area contributed by atoms with Crippen LogP contribution >= 0.6 is 0 Å². The summed E-state index contributed by atoms with van der Waals surface area (Å²) in [7, 11) is 0. The second-order valence-corrected chi connectivity index (χ2v) is 4.07. The van der Waals surface area contributed by atoms with Crippen molar-refractivity contribution in [1.29, 1.82) is 0 Å². The SMILES string of the molecule is CCCNC(=O)CCNc1c(F)cc([N+](=O)[O-])cc1F. The zero-order valence-electron chi connectivity index (χ0n) is 10.9. The summed E-state index contributed by atoms with van der Waals surface area (Å²) >= 11 is 0. The number of nitrogens with zero attached hydrogens (tertiary/aromatic N) is 1. The Labute approximate surface area is 114 Å². The van der Waals surface area contributed by atoms with Crippen LogP contribution in [-0.2, 0) is 4.79 Å². The highest BCUT2D eigenvalue weighted by Crippen LogP contribution is 2.24. The van der Waals surface area contributed by atoms with Gasteiger partial charge in [-0.15, -0.1) is 0 Å². The quantitative estimate of drug-likeness (QED) is 0.595. The first-order valence-electron chi connectivity index (χ1n) is 6.09. The predicted octanol–water partition coefficient (Wildman–Crippen LogP) is 2.20. The molecule has 20 heavy (non-hydrogen) atoms. The lowest BCUT2D eigenvalue weighted by Gasteiger charge is -2.08. The molecule has 110 valence electrons. The van der Waals surface area contributed by atoms with Gasteiger partial charge in [-0.2, -0.15) is 0 Å². The smallest absolute Gasteiger partial charge is 0.275 e. The summed E-state index contributed by atoms with van der Waals surface area (Å²) in [5.41, 5.74) is -1.13. The molecule has 0 spiro atoms. The number of rotatable bonds is 7. The van der Waals surface area contributed by atoms with E-state index in [-0.39, 0.29) is 18.9 Å². The summed E-state index contributed by atoms with van der Waals surface area (Å²) in [6, 6.07) is 1.26. The van der Waals surface area contributed by atoms with Gasteiger partial charge in [0.2, 0.25) is 5.91 Å². The van der Waals surface area contributed by atoms with Crippen LogP contribution in [0.1, 0.15) is 19.8 Å². The van der Waals surface area contributed by atoms with Crippen LogP contribution in [0.4, 0.5) is 20.2 Å². The van der Waals surface area contributed by atoms with Crippen molar-refractivity contribution in [2.24, 2.45) is 0 Å². The standard InChI is InChI=1S/C12H15F2N3O3/c1-2-4-15-11(18)3-5-16-12-9(13)6-8(17(19)20)7-10(12)14/h6-7,16H,2-5H2,1H3,(H,15,18). The summed E-state index contributed by atoms with van der Waals surface area (Å²) in [4.78, 5) is 20.8. The van der Waals surface area contributed by atoms with Crippen LogP contribution in [0.3, 0.4) is 0 Å². The molecule has 0 aliphatic carbocycles. The third-order valence-electron chi connectivity index (χ3n) is 2.46. The highest BCUT2D eigenvalue weighted by molar-refractivity contribution is 5.76. The van der Waals surface area contributed by atoms with E-state index in [4.69, 9.17) is 0 Å². The topological polar surface area (TPSA) is 84.3 Å². The van der Waals surface area contributed by atoms with Gasteiger partial charge in [-0.05, 0) is 6.42 Å². The molecule has 0 heterocycles. The largest absolute Gasteiger partial charge is 0.380 e. The van der Waals surface area contributed by atoms with E-state index in [1.54, 1.807) is 0 Å². The van der Waals surface area contributed by atoms with Gasteiger partial charge in [0.1, 0.15) is 5.69 Å². The monoisotopic (exact) mass is 287 g/mol. The molecule has 0 fully saturated rings. The molecule has 2 N–H and O–H groups in total. The lowest BCUT2D eigenvalue weighted by molar-refractivity contribution is -0.385. The number of halogens is 2. The minimum absolute atomic E-state index is 0.0290. The van der Waals surface area contributed by atoms with Crippen LogP contribution in [0.25, 0.3) is 0 Å². The number of non-ortho nitro benzene ring substituents is 1. The molecule has 0 atom stereocenters. The van der Waals surface area contributed by atoms with Crippen LogP contribution in [-0.4, -0.2) is 23.9 Å². The lowest BCUT2D eigenvalue weighted by atomic mass is 10.2. The number of amides is 1. The number of carbonyl (C=O) groups is 1. The molecule has 0 saturated heterocycles. The number of nitro benzene ring substituents is 1. The van der Waals surface area contributed by atoms with Gasteiger partial charge in [-0.3, -0.25) is 14.9 Å². The zero-order valence-corrected chi connectivity index (χ0v) is 10.9. The maximum Gasteiger partial charge on any atom is 0.275 e. The first-order chi connectivity index (χ1) is 9.45. The van der Waals surface area contributed by atoms with E-state index in [0.717, 1.165) is 6.42 Å². The molecule has 8 heteroatoms. The van der Waals surface area contributed by atoms with Crippen LogP contribution in [0, 0.1) is 21.7 Å². The van der Waals surface area contributed by atoms with Crippen LogP contribution in [0.15, 0.2) is 12.1 Å². The van der Waals surface area contributed by atoms with E-state index < -0.39 is 27.9 Å². The molecule has 1 aromatic rings. The minimum Gasteiger partial charge on any atom is -0.380 e. The molecule has 1 aromatic carbocycles. The zero-order chi connectivity index (χ0) is 15.1. The van der Waals surface area contributed by atoms with Crippen molar-refractivity contribution in [2.45, 2.75) is 19.8 Å². The maximum atomic E-state index is 13.5. The predicted molar refractivity (Wildman–Crippen MR) is 69.4 cm³/mol. The lowest BCUT2D eigenvalue weighted by Crippen LogP contribution is -2.26. The molecule has 0 aliphatic rings. The summed E-state index contributed by atoms with van der Waals surface area (Å²) in [5.74, 6) is -2.36. The number of nitrogens with one attached hydrogen (secondary N) is 2. The molecule has 0 aliphatic heterocycles. The van der Waals surface area contributed by atoms with E-state index in [9.17, 15) is 23.7 Å². The van der Waals surface area contributed by atoms with Gasteiger partial charge in [0.15, 0.2) is 11.6 Å². The molecule has 0 saturated carbocycles. The fourth-order valence-corrected chi connectivity index (χ4v) is 1.49. The molecular formula is C12H15F2N3O3. The van der Waals surface area contributed by atoms with E-state index in [0.29, 0.717) is 18.7 Å². The highest BCUT2D eigenvalue weighted by atomic mass is 19.1. The van der Waals surface area contributed by atoms with Crippen LogP contribution in [0.2, 0.25) is 0 Å². The molecule has 6 nitrogen and oxygen atoms in total. The molecule has 0 aromatic heterocycles. The first kappa shape index (κ1) is 15.8. The van der Waals surface area contributed by atoms with Crippen LogP contribution in [0.5, 0.6) is 0 Å². The van der Waals surface area contributed by atoms with Crippen LogP contribution < -0.4 is 10.6 Å². The normalized spacial score (nSPS) is 10.2. The van der Waals surface area contributed by atoms with Crippen molar-refractivity contribution in [1.82, 2.24) is 5.32 Å². The van der Waals surface area contributed by atoms with Crippen molar-refractivity contribution in [3.63, 3.8) is 0 Å². The second-order valence-electron chi connectivity index (χ2n) is 4.07. The Morgan fingerprint density at radius 2 is 1.90 bits per heavy atom. The number of carbonyl (C=O) groups excluding carboxylic acids is 1. The van der Waals surface area contributed by atoms with Gasteiger partial charge >= 0.3 is 0 Å². The molecule has 0 radical (unpaired) electrons. The number of hydrogen-bond donors (Lipinski definition) is 2. The third-order valence-corrected chi connectivity index (χ3v) is 2.46. The summed E-state index contributed by atoms with van der Waals surface area (Å²) in [5, 5.41) is 15.5. The third kappa shape index (κ3) is 4.45. The molecule has 0 bridgehead atoms. The fraction of sp³-hybridized carbons (Fsp3) is 0.417. The Hall–Kier alpha value is -2.25. The summed E-state index contributed by atoms with van der Waals surface area (Å²) in [6.45, 7) is 2.47. The number of benzene rings is 1. The average Bonchev–Trinajstić information content (AvgIpc) is 2.39. The van der Waals surface area contributed by atoms with Gasteiger partial charge in [-0.1, -0.05) is 6.92 Å². The highest BCUT2D eigenvalue weighted by Gasteiger charge is 2.16. The number of nitro groups is 1. The molecule has 0 unspecified atom stereocenters. The van der Waals surface area contributed by atoms with Crippen molar-refractivity contribution in [3.05, 3.63) is 33.9 Å². The van der Waals surface area contributed by atoms with Gasteiger partial charge in [0.25, 0.3) is 5.69 Å². The van der Waals surface area contributed by atoms with E-state index in [1.807, 2.05) is 6.92 Å². The minimum atomic E-state index is -1.06. The Morgan fingerprint density at radius 1 is 1.30 bits per heavy atom. The Bertz CT molecular complexity index is 486. The second kappa shape index (κ2) is 7.37. The fourth-order valence-electron chi connectivity index (χ4n) is 1.49. The van der Waals surface area contributed by atoms with Crippen molar-refractivity contribution < 1.29 is 18.5 Å². The van der Waals surface area contributed by atoms with Gasteiger partial charge in [0.05, 0.1) is 17.1 Å².